The summed E-state index contributed by atoms with van der Waals surface area (Å²) in [6.07, 6.45) is 1.66. The minimum atomic E-state index is -1.10. The van der Waals surface area contributed by atoms with Crippen molar-refractivity contribution in [1.29, 1.82) is 0 Å². The Bertz CT molecular complexity index is 716. The number of rotatable bonds is 6. The molecule has 1 aromatic rings. The number of hydrogen-bond donors (Lipinski definition) is 1. The molecule has 2 rings (SSSR count). The number of ether oxygens (including phenoxy) is 2. The van der Waals surface area contributed by atoms with Gasteiger partial charge >= 0.3 is 5.97 Å². The van der Waals surface area contributed by atoms with Crippen molar-refractivity contribution in [2.24, 2.45) is 0 Å². The maximum absolute atomic E-state index is 12.4. The Morgan fingerprint density at radius 1 is 1.46 bits per heavy atom. The van der Waals surface area contributed by atoms with Crippen LogP contribution in [0.3, 0.4) is 0 Å². The summed E-state index contributed by atoms with van der Waals surface area (Å²) in [6.45, 7) is 3.82. The number of nitrogens with zero attached hydrogens (tertiary/aromatic N) is 1. The first-order chi connectivity index (χ1) is 11.4. The quantitative estimate of drug-likeness (QED) is 0.612. The van der Waals surface area contributed by atoms with Gasteiger partial charge in [0, 0.05) is 0 Å². The number of benzene rings is 1. The van der Waals surface area contributed by atoms with Crippen LogP contribution in [-0.4, -0.2) is 46.0 Å². The summed E-state index contributed by atoms with van der Waals surface area (Å²) in [5, 5.41) is 9.09. The summed E-state index contributed by atoms with van der Waals surface area (Å²) < 4.78 is 11.0. The SMILES string of the molecule is CCOc1ccc(/C=C2\SC(=S)N([C@H](C)C(=O)O)C2=O)cc1OC. The maximum atomic E-state index is 12.4. The van der Waals surface area contributed by atoms with Crippen molar-refractivity contribution in [3.8, 4) is 11.5 Å². The van der Waals surface area contributed by atoms with E-state index < -0.39 is 17.9 Å². The summed E-state index contributed by atoms with van der Waals surface area (Å²) in [5.74, 6) is -0.341. The molecule has 1 saturated heterocycles. The number of carbonyl (C=O) groups is 2. The Hall–Kier alpha value is -2.06. The molecule has 0 unspecified atom stereocenters. The number of carboxylic acids is 1. The Morgan fingerprint density at radius 3 is 2.75 bits per heavy atom. The fourth-order valence-electron chi connectivity index (χ4n) is 2.12. The summed E-state index contributed by atoms with van der Waals surface area (Å²) in [6, 6.07) is 4.30. The molecule has 1 atom stereocenters. The number of thioether (sulfide) groups is 1. The van der Waals surface area contributed by atoms with Crippen molar-refractivity contribution in [3.05, 3.63) is 28.7 Å². The van der Waals surface area contributed by atoms with Crippen molar-refractivity contribution >= 4 is 46.3 Å². The molecule has 8 heteroatoms. The number of thiocarbonyl (C=S) groups is 1. The molecule has 6 nitrogen and oxygen atoms in total. The molecule has 0 bridgehead atoms. The molecule has 1 fully saturated rings. The first-order valence-corrected chi connectivity index (χ1v) is 8.42. The third-order valence-electron chi connectivity index (χ3n) is 3.35. The minimum Gasteiger partial charge on any atom is -0.493 e. The second kappa shape index (κ2) is 7.67. The van der Waals surface area contributed by atoms with Crippen LogP contribution in [0, 0.1) is 0 Å². The van der Waals surface area contributed by atoms with Crippen LogP contribution in [-0.2, 0) is 9.59 Å². The van der Waals surface area contributed by atoms with Gasteiger partial charge in [0.1, 0.15) is 10.4 Å². The minimum absolute atomic E-state index is 0.235. The fourth-order valence-corrected chi connectivity index (χ4v) is 3.54. The van der Waals surface area contributed by atoms with Crippen molar-refractivity contribution in [2.45, 2.75) is 19.9 Å². The average Bonchev–Trinajstić information content (AvgIpc) is 2.82. The first kappa shape index (κ1) is 18.3. The molecule has 1 aliphatic heterocycles. The highest BCUT2D eigenvalue weighted by atomic mass is 32.2. The third kappa shape index (κ3) is 3.70. The lowest BCUT2D eigenvalue weighted by atomic mass is 10.1. The second-order valence-electron chi connectivity index (χ2n) is 4.91. The second-order valence-corrected chi connectivity index (χ2v) is 6.58. The number of methoxy groups -OCH3 is 1. The van der Waals surface area contributed by atoms with Gasteiger partial charge in [-0.2, -0.15) is 0 Å². The van der Waals surface area contributed by atoms with Crippen LogP contribution in [0.5, 0.6) is 11.5 Å². The van der Waals surface area contributed by atoms with Gasteiger partial charge in [0.15, 0.2) is 11.5 Å². The Labute approximate surface area is 149 Å². The Morgan fingerprint density at radius 2 is 2.17 bits per heavy atom. The Balaban J connectivity index is 2.30. The first-order valence-electron chi connectivity index (χ1n) is 7.19. The van der Waals surface area contributed by atoms with Gasteiger partial charge in [-0.1, -0.05) is 30.0 Å². The van der Waals surface area contributed by atoms with E-state index in [-0.39, 0.29) is 4.32 Å². The molecule has 0 aliphatic carbocycles. The fraction of sp³-hybridized carbons (Fsp3) is 0.312. The van der Waals surface area contributed by atoms with Gasteiger partial charge in [0.2, 0.25) is 0 Å². The average molecular weight is 367 g/mol. The predicted octanol–water partition coefficient (Wildman–Crippen LogP) is 2.77. The number of aliphatic carboxylic acids is 1. The number of amides is 1. The van der Waals surface area contributed by atoms with Crippen LogP contribution in [0.2, 0.25) is 0 Å². The zero-order valence-corrected chi connectivity index (χ0v) is 15.1. The lowest BCUT2D eigenvalue weighted by molar-refractivity contribution is -0.144. The van der Waals surface area contributed by atoms with Crippen LogP contribution in [0.4, 0.5) is 0 Å². The highest BCUT2D eigenvalue weighted by molar-refractivity contribution is 8.26. The smallest absolute Gasteiger partial charge is 0.326 e. The monoisotopic (exact) mass is 367 g/mol. The Kier molecular flexibility index (Phi) is 5.84. The van der Waals surface area contributed by atoms with Gasteiger partial charge in [0.05, 0.1) is 18.6 Å². The van der Waals surface area contributed by atoms with Gasteiger partial charge in [0.25, 0.3) is 5.91 Å². The van der Waals surface area contributed by atoms with Crippen LogP contribution < -0.4 is 9.47 Å². The molecule has 1 aliphatic rings. The van der Waals surface area contributed by atoms with Crippen LogP contribution in [0.25, 0.3) is 6.08 Å². The van der Waals surface area contributed by atoms with E-state index in [4.69, 9.17) is 26.8 Å². The van der Waals surface area contributed by atoms with Gasteiger partial charge < -0.3 is 14.6 Å². The van der Waals surface area contributed by atoms with Gasteiger partial charge in [-0.3, -0.25) is 9.69 Å². The molecule has 0 spiro atoms. The largest absolute Gasteiger partial charge is 0.493 e. The maximum Gasteiger partial charge on any atom is 0.326 e. The van der Waals surface area contributed by atoms with Crippen molar-refractivity contribution in [3.63, 3.8) is 0 Å². The van der Waals surface area contributed by atoms with E-state index in [9.17, 15) is 9.59 Å². The highest BCUT2D eigenvalue weighted by Gasteiger charge is 2.38. The molecular weight excluding hydrogens is 350 g/mol. The molecule has 0 saturated carbocycles. The molecule has 128 valence electrons. The molecule has 1 heterocycles. The predicted molar refractivity (Wildman–Crippen MR) is 96.3 cm³/mol. The molecule has 0 radical (unpaired) electrons. The van der Waals surface area contributed by atoms with Crippen LogP contribution in [0.1, 0.15) is 19.4 Å². The lowest BCUT2D eigenvalue weighted by Crippen LogP contribution is -2.41. The van der Waals surface area contributed by atoms with Crippen LogP contribution in [0.15, 0.2) is 23.1 Å². The van der Waals surface area contributed by atoms with Gasteiger partial charge in [-0.25, -0.2) is 4.79 Å². The molecule has 24 heavy (non-hydrogen) atoms. The summed E-state index contributed by atoms with van der Waals surface area (Å²) >= 11 is 6.21. The van der Waals surface area contributed by atoms with E-state index in [0.717, 1.165) is 22.2 Å². The van der Waals surface area contributed by atoms with E-state index in [0.29, 0.717) is 23.0 Å². The normalized spacial score (nSPS) is 17.3. The summed E-state index contributed by atoms with van der Waals surface area (Å²) in [7, 11) is 1.54. The van der Waals surface area contributed by atoms with E-state index in [1.165, 1.54) is 14.0 Å². The molecular formula is C16H17NO5S2. The number of carbonyl (C=O) groups excluding carboxylic acids is 1. The van der Waals surface area contributed by atoms with E-state index in [1.807, 2.05) is 6.92 Å². The van der Waals surface area contributed by atoms with Gasteiger partial charge in [-0.05, 0) is 37.6 Å². The zero-order chi connectivity index (χ0) is 17.9. The lowest BCUT2D eigenvalue weighted by Gasteiger charge is -2.18. The number of hydrogen-bond acceptors (Lipinski definition) is 6. The summed E-state index contributed by atoms with van der Waals surface area (Å²) in [4.78, 5) is 25.0. The molecule has 0 aromatic heterocycles. The number of carboxylic acid groups (broad SMARTS) is 1. The molecule has 1 amide bonds. The standard InChI is InChI=1S/C16H17NO5S2/c1-4-22-11-6-5-10(7-12(11)21-3)8-13-14(18)17(16(23)24-13)9(2)15(19)20/h5-9H,4H2,1-3H3,(H,19,20)/b13-8-/t9-/m1/s1. The van der Waals surface area contributed by atoms with Crippen molar-refractivity contribution < 1.29 is 24.2 Å². The van der Waals surface area contributed by atoms with Crippen molar-refractivity contribution in [2.75, 3.05) is 13.7 Å². The van der Waals surface area contributed by atoms with Crippen LogP contribution >= 0.6 is 24.0 Å². The third-order valence-corrected chi connectivity index (χ3v) is 4.68. The van der Waals surface area contributed by atoms with Gasteiger partial charge in [-0.15, -0.1) is 0 Å². The van der Waals surface area contributed by atoms with E-state index in [1.54, 1.807) is 24.3 Å². The van der Waals surface area contributed by atoms with E-state index >= 15 is 0 Å². The van der Waals surface area contributed by atoms with E-state index in [2.05, 4.69) is 0 Å². The zero-order valence-electron chi connectivity index (χ0n) is 13.4. The molecule has 1 N–H and O–H groups in total. The topological polar surface area (TPSA) is 76.1 Å². The van der Waals surface area contributed by atoms with Crippen molar-refractivity contribution in [1.82, 2.24) is 4.90 Å². The summed E-state index contributed by atoms with van der Waals surface area (Å²) in [5.41, 5.74) is 0.735. The molecule has 1 aromatic carbocycles. The highest BCUT2D eigenvalue weighted by Crippen LogP contribution is 2.35.